The highest BCUT2D eigenvalue weighted by atomic mass is 19.1. The number of benzene rings is 1. The smallest absolute Gasteiger partial charge is 0.320 e. The van der Waals surface area contributed by atoms with Gasteiger partial charge in [0.2, 0.25) is 5.82 Å². The van der Waals surface area contributed by atoms with Crippen LogP contribution in [0.1, 0.15) is 5.56 Å². The number of aliphatic carboxylic acids is 1. The number of carbonyl (C=O) groups is 1. The number of hydrogen-bond acceptors (Lipinski definition) is 4. The fraction of sp³-hybridized carbons (Fsp3) is 0.222. The summed E-state index contributed by atoms with van der Waals surface area (Å²) in [5, 5.41) is 19.0. The van der Waals surface area contributed by atoms with E-state index in [1.54, 1.807) is 0 Å². The summed E-state index contributed by atoms with van der Waals surface area (Å²) in [6.07, 6.45) is -0.0869. The zero-order valence-corrected chi connectivity index (χ0v) is 8.09. The molecule has 7 heteroatoms. The lowest BCUT2D eigenvalue weighted by Crippen LogP contribution is -2.32. The fourth-order valence-electron chi connectivity index (χ4n) is 1.17. The van der Waals surface area contributed by atoms with Crippen LogP contribution < -0.4 is 5.73 Å². The molecule has 1 aromatic carbocycles. The van der Waals surface area contributed by atoms with E-state index in [4.69, 9.17) is 10.8 Å². The van der Waals surface area contributed by atoms with Crippen LogP contribution in [0.3, 0.4) is 0 Å². The number of nitro groups is 1. The minimum absolute atomic E-state index is 0.0869. The van der Waals surface area contributed by atoms with E-state index in [9.17, 15) is 19.3 Å². The normalized spacial score (nSPS) is 12.1. The minimum atomic E-state index is -1.22. The Kier molecular flexibility index (Phi) is 3.51. The molecule has 0 aliphatic carbocycles. The van der Waals surface area contributed by atoms with Crippen molar-refractivity contribution < 1.29 is 19.2 Å². The van der Waals surface area contributed by atoms with Crippen LogP contribution in [0.25, 0.3) is 0 Å². The van der Waals surface area contributed by atoms with E-state index < -0.39 is 28.4 Å². The molecule has 0 aliphatic rings. The molecule has 1 rings (SSSR count). The highest BCUT2D eigenvalue weighted by Crippen LogP contribution is 2.19. The third-order valence-electron chi connectivity index (χ3n) is 1.98. The summed E-state index contributed by atoms with van der Waals surface area (Å²) in [6.45, 7) is 0. The van der Waals surface area contributed by atoms with Crippen molar-refractivity contribution in [2.75, 3.05) is 0 Å². The maximum Gasteiger partial charge on any atom is 0.320 e. The van der Waals surface area contributed by atoms with E-state index in [-0.39, 0.29) is 6.42 Å². The van der Waals surface area contributed by atoms with Gasteiger partial charge in [0, 0.05) is 6.07 Å². The number of carboxylic acid groups (broad SMARTS) is 1. The van der Waals surface area contributed by atoms with Gasteiger partial charge in [-0.1, -0.05) is 6.07 Å². The van der Waals surface area contributed by atoms with E-state index in [1.165, 1.54) is 6.07 Å². The quantitative estimate of drug-likeness (QED) is 0.582. The van der Waals surface area contributed by atoms with Crippen LogP contribution in [-0.2, 0) is 11.2 Å². The Balaban J connectivity index is 2.95. The average molecular weight is 228 g/mol. The number of hydrogen-bond donors (Lipinski definition) is 2. The SMILES string of the molecule is NC(Cc1ccc(F)c([N+](=O)[O-])c1)C(=O)O. The van der Waals surface area contributed by atoms with Gasteiger partial charge in [-0.3, -0.25) is 14.9 Å². The second-order valence-electron chi connectivity index (χ2n) is 3.19. The summed E-state index contributed by atoms with van der Waals surface area (Å²) >= 11 is 0. The summed E-state index contributed by atoms with van der Waals surface area (Å²) in [5.74, 6) is -2.18. The number of halogens is 1. The number of rotatable bonds is 4. The van der Waals surface area contributed by atoms with E-state index in [0.29, 0.717) is 5.56 Å². The Hall–Kier alpha value is -2.02. The molecule has 0 heterocycles. The van der Waals surface area contributed by atoms with E-state index in [1.807, 2.05) is 0 Å². The molecule has 3 N–H and O–H groups in total. The summed E-state index contributed by atoms with van der Waals surface area (Å²) in [6, 6.07) is 2.01. The predicted octanol–water partition coefficient (Wildman–Crippen LogP) is 0.688. The average Bonchev–Trinajstić information content (AvgIpc) is 2.20. The highest BCUT2D eigenvalue weighted by Gasteiger charge is 2.17. The summed E-state index contributed by atoms with van der Waals surface area (Å²) in [7, 11) is 0. The first-order valence-corrected chi connectivity index (χ1v) is 4.33. The minimum Gasteiger partial charge on any atom is -0.480 e. The second kappa shape index (κ2) is 4.67. The summed E-state index contributed by atoms with van der Waals surface area (Å²) in [4.78, 5) is 20.0. The van der Waals surface area contributed by atoms with Gasteiger partial charge in [-0.15, -0.1) is 0 Å². The van der Waals surface area contributed by atoms with Crippen molar-refractivity contribution >= 4 is 11.7 Å². The number of nitrogens with zero attached hydrogens (tertiary/aromatic N) is 1. The zero-order chi connectivity index (χ0) is 12.3. The van der Waals surface area contributed by atoms with Crippen LogP contribution in [0.4, 0.5) is 10.1 Å². The van der Waals surface area contributed by atoms with Crippen LogP contribution in [-0.4, -0.2) is 22.0 Å². The van der Waals surface area contributed by atoms with Gasteiger partial charge < -0.3 is 10.8 Å². The van der Waals surface area contributed by atoms with Gasteiger partial charge in [0.05, 0.1) is 4.92 Å². The molecule has 1 atom stereocenters. The maximum absolute atomic E-state index is 12.9. The molecule has 0 saturated heterocycles. The maximum atomic E-state index is 12.9. The van der Waals surface area contributed by atoms with E-state index in [2.05, 4.69) is 0 Å². The van der Waals surface area contributed by atoms with Crippen molar-refractivity contribution in [3.63, 3.8) is 0 Å². The van der Waals surface area contributed by atoms with Gasteiger partial charge >= 0.3 is 11.7 Å². The molecule has 86 valence electrons. The topological polar surface area (TPSA) is 106 Å². The zero-order valence-electron chi connectivity index (χ0n) is 8.09. The molecule has 6 nitrogen and oxygen atoms in total. The van der Waals surface area contributed by atoms with Gasteiger partial charge in [0.15, 0.2) is 0 Å². The van der Waals surface area contributed by atoms with E-state index in [0.717, 1.165) is 12.1 Å². The van der Waals surface area contributed by atoms with Crippen LogP contribution in [0.15, 0.2) is 18.2 Å². The van der Waals surface area contributed by atoms with Crippen molar-refractivity contribution in [3.05, 3.63) is 39.7 Å². The largest absolute Gasteiger partial charge is 0.480 e. The van der Waals surface area contributed by atoms with Crippen molar-refractivity contribution in [2.45, 2.75) is 12.5 Å². The first-order valence-electron chi connectivity index (χ1n) is 4.33. The van der Waals surface area contributed by atoms with Crippen molar-refractivity contribution in [2.24, 2.45) is 5.73 Å². The van der Waals surface area contributed by atoms with Gasteiger partial charge in [-0.2, -0.15) is 4.39 Å². The predicted molar refractivity (Wildman–Crippen MR) is 52.4 cm³/mol. The molecule has 0 aromatic heterocycles. The first-order chi connectivity index (χ1) is 7.41. The molecule has 0 spiro atoms. The molecule has 0 amide bonds. The first kappa shape index (κ1) is 12.1. The van der Waals surface area contributed by atoms with Gasteiger partial charge in [-0.25, -0.2) is 0 Å². The second-order valence-corrected chi connectivity index (χ2v) is 3.19. The lowest BCUT2D eigenvalue weighted by molar-refractivity contribution is -0.387. The van der Waals surface area contributed by atoms with Gasteiger partial charge in [-0.05, 0) is 18.1 Å². The number of nitrogens with two attached hydrogens (primary N) is 1. The van der Waals surface area contributed by atoms with Crippen molar-refractivity contribution in [1.82, 2.24) is 0 Å². The van der Waals surface area contributed by atoms with E-state index >= 15 is 0 Å². The Morgan fingerprint density at radius 1 is 1.62 bits per heavy atom. The lowest BCUT2D eigenvalue weighted by atomic mass is 10.1. The lowest BCUT2D eigenvalue weighted by Gasteiger charge is -2.06. The highest BCUT2D eigenvalue weighted by molar-refractivity contribution is 5.73. The Morgan fingerprint density at radius 2 is 2.25 bits per heavy atom. The Morgan fingerprint density at radius 3 is 2.75 bits per heavy atom. The Labute approximate surface area is 89.6 Å². The molecule has 0 aliphatic heterocycles. The molecule has 0 saturated carbocycles. The van der Waals surface area contributed by atoms with Gasteiger partial charge in [0.25, 0.3) is 0 Å². The molecular formula is C9H9FN2O4. The molecule has 0 fully saturated rings. The van der Waals surface area contributed by atoms with Crippen molar-refractivity contribution in [3.8, 4) is 0 Å². The van der Waals surface area contributed by atoms with Crippen LogP contribution in [0, 0.1) is 15.9 Å². The third-order valence-corrected chi connectivity index (χ3v) is 1.98. The summed E-state index contributed by atoms with van der Waals surface area (Å²) < 4.78 is 12.9. The molecule has 0 bridgehead atoms. The summed E-state index contributed by atoms with van der Waals surface area (Å²) in [5.41, 5.74) is 4.87. The monoisotopic (exact) mass is 228 g/mol. The number of carboxylic acids is 1. The standard InChI is InChI=1S/C9H9FN2O4/c10-6-2-1-5(3-7(11)9(13)14)4-8(6)12(15)16/h1-2,4,7H,3,11H2,(H,13,14). The number of nitro benzene ring substituents is 1. The van der Waals surface area contributed by atoms with Crippen molar-refractivity contribution in [1.29, 1.82) is 0 Å². The Bertz CT molecular complexity index is 436. The molecule has 0 radical (unpaired) electrons. The third kappa shape index (κ3) is 2.74. The van der Waals surface area contributed by atoms with Gasteiger partial charge in [0.1, 0.15) is 6.04 Å². The molecule has 1 unspecified atom stereocenters. The fourth-order valence-corrected chi connectivity index (χ4v) is 1.17. The molecular weight excluding hydrogens is 219 g/mol. The van der Waals surface area contributed by atoms with Crippen LogP contribution in [0.5, 0.6) is 0 Å². The van der Waals surface area contributed by atoms with Crippen LogP contribution in [0.2, 0.25) is 0 Å². The van der Waals surface area contributed by atoms with Crippen LogP contribution >= 0.6 is 0 Å². The molecule has 1 aromatic rings. The molecule has 16 heavy (non-hydrogen) atoms.